The first-order chi connectivity index (χ1) is 13.9. The molecule has 1 saturated heterocycles. The predicted octanol–water partition coefficient (Wildman–Crippen LogP) is -0.106. The monoisotopic (exact) mass is 434 g/mol. The zero-order valence-corrected chi connectivity index (χ0v) is 16.3. The van der Waals surface area contributed by atoms with Crippen molar-refractivity contribution in [1.29, 1.82) is 5.26 Å². The number of nitrogens with two attached hydrogens (primary N) is 1. The highest BCUT2D eigenvalue weighted by molar-refractivity contribution is 8.00. The number of aromatic nitrogens is 1. The number of thioether (sulfide) groups is 1. The number of anilines is 1. The molecule has 0 bridgehead atoms. The third-order valence-electron chi connectivity index (χ3n) is 4.00. The summed E-state index contributed by atoms with van der Waals surface area (Å²) in [6.45, 7) is 3.19. The van der Waals surface area contributed by atoms with E-state index in [2.05, 4.69) is 22.0 Å². The van der Waals surface area contributed by atoms with E-state index < -0.39 is 29.2 Å². The molecule has 150 valence electrons. The molecule has 3 rings (SSSR count). The van der Waals surface area contributed by atoms with Crippen LogP contribution in [0.5, 0.6) is 0 Å². The molecule has 0 saturated carbocycles. The fraction of sp³-hybridized carbons (Fsp3) is 0.250. The maximum Gasteiger partial charge on any atom is 0.352 e. The van der Waals surface area contributed by atoms with Crippen molar-refractivity contribution in [2.45, 2.75) is 11.4 Å². The number of hydrogen-bond acceptors (Lipinski definition) is 10. The number of oxime groups is 1. The minimum atomic E-state index is -1.24. The summed E-state index contributed by atoms with van der Waals surface area (Å²) in [6.07, 6.45) is 1.40. The Morgan fingerprint density at radius 2 is 2.38 bits per heavy atom. The molecule has 2 amide bonds. The van der Waals surface area contributed by atoms with Crippen LogP contribution in [0.1, 0.15) is 5.69 Å². The van der Waals surface area contributed by atoms with Crippen LogP contribution in [0.25, 0.3) is 0 Å². The van der Waals surface area contributed by atoms with E-state index in [0.717, 1.165) is 16.2 Å². The summed E-state index contributed by atoms with van der Waals surface area (Å²) < 4.78 is 0. The van der Waals surface area contributed by atoms with Gasteiger partial charge in [-0.3, -0.25) is 14.5 Å². The zero-order valence-electron chi connectivity index (χ0n) is 14.7. The Bertz CT molecular complexity index is 994. The van der Waals surface area contributed by atoms with Crippen LogP contribution in [-0.2, 0) is 19.2 Å². The van der Waals surface area contributed by atoms with Gasteiger partial charge in [-0.1, -0.05) is 17.8 Å². The second-order valence-electron chi connectivity index (χ2n) is 5.69. The Hall–Kier alpha value is -3.37. The third kappa shape index (κ3) is 3.80. The van der Waals surface area contributed by atoms with Crippen LogP contribution >= 0.6 is 23.1 Å². The first kappa shape index (κ1) is 20.4. The average Bonchev–Trinajstić information content (AvgIpc) is 3.13. The number of nitriles is 1. The highest BCUT2D eigenvalue weighted by atomic mass is 32.2. The molecule has 4 N–H and O–H groups in total. The van der Waals surface area contributed by atoms with E-state index in [9.17, 15) is 19.5 Å². The molecule has 1 aromatic rings. The van der Waals surface area contributed by atoms with E-state index in [1.165, 1.54) is 23.2 Å². The molecule has 1 fully saturated rings. The summed E-state index contributed by atoms with van der Waals surface area (Å²) in [7, 11) is 0. The number of thiazole rings is 1. The minimum Gasteiger partial charge on any atom is -0.477 e. The molecular weight excluding hydrogens is 420 g/mol. The summed E-state index contributed by atoms with van der Waals surface area (Å²) >= 11 is 2.38. The summed E-state index contributed by atoms with van der Waals surface area (Å²) in [6, 6.07) is 0.761. The van der Waals surface area contributed by atoms with Crippen molar-refractivity contribution < 1.29 is 24.3 Å². The lowest BCUT2D eigenvalue weighted by Gasteiger charge is -2.49. The van der Waals surface area contributed by atoms with Gasteiger partial charge in [-0.05, 0) is 5.57 Å². The van der Waals surface area contributed by atoms with Crippen LogP contribution in [0.2, 0.25) is 0 Å². The van der Waals surface area contributed by atoms with Gasteiger partial charge >= 0.3 is 5.97 Å². The standard InChI is InChI=1S/C16H14N6O5S2/c1-2-7-5-28-14-10(13(24)22(14)11(7)15(25)26)20-12(23)9(21-27-4-3-17)8-6-29-16(18)19-8/h2,6,10,14H,1,4-5H2,(H2,18,19)(H,20,23)(H,25,26)/b21-9+/t10?,14-/m1/s1. The Morgan fingerprint density at radius 1 is 1.62 bits per heavy atom. The molecule has 1 unspecified atom stereocenters. The number of hydrogen-bond donors (Lipinski definition) is 3. The van der Waals surface area contributed by atoms with Crippen LogP contribution < -0.4 is 11.1 Å². The smallest absolute Gasteiger partial charge is 0.352 e. The molecule has 2 atom stereocenters. The van der Waals surface area contributed by atoms with E-state index in [-0.39, 0.29) is 28.8 Å². The van der Waals surface area contributed by atoms with E-state index in [1.54, 1.807) is 6.07 Å². The number of carboxylic acids is 1. The second kappa shape index (κ2) is 8.33. The average molecular weight is 434 g/mol. The molecule has 0 spiro atoms. The molecule has 1 aromatic heterocycles. The number of carbonyl (C=O) groups excluding carboxylic acids is 2. The molecule has 2 aliphatic heterocycles. The first-order valence-corrected chi connectivity index (χ1v) is 9.94. The Labute approximate surface area is 172 Å². The minimum absolute atomic E-state index is 0.128. The lowest BCUT2D eigenvalue weighted by Crippen LogP contribution is -2.71. The fourth-order valence-electron chi connectivity index (χ4n) is 2.74. The van der Waals surface area contributed by atoms with Gasteiger partial charge in [0, 0.05) is 11.1 Å². The number of fused-ring (bicyclic) bond motifs is 1. The molecular formula is C16H14N6O5S2. The SMILES string of the molecule is C=CC1=C(C(=O)O)N2C(=O)C(NC(=O)/C(=N/OCC#N)c3csc(N)n3)[C@H]2SC1. The quantitative estimate of drug-likeness (QED) is 0.229. The van der Waals surface area contributed by atoms with Gasteiger partial charge in [0.2, 0.25) is 6.61 Å². The summed E-state index contributed by atoms with van der Waals surface area (Å²) in [4.78, 5) is 46.7. The number of rotatable bonds is 7. The molecule has 29 heavy (non-hydrogen) atoms. The van der Waals surface area contributed by atoms with Crippen LogP contribution in [0.3, 0.4) is 0 Å². The maximum absolute atomic E-state index is 12.7. The van der Waals surface area contributed by atoms with Gasteiger partial charge in [-0.15, -0.1) is 23.1 Å². The van der Waals surface area contributed by atoms with Crippen molar-refractivity contribution in [3.05, 3.63) is 35.0 Å². The zero-order chi connectivity index (χ0) is 21.1. The van der Waals surface area contributed by atoms with E-state index in [0.29, 0.717) is 11.3 Å². The van der Waals surface area contributed by atoms with Gasteiger partial charge in [0.1, 0.15) is 28.9 Å². The Morgan fingerprint density at radius 3 is 2.97 bits per heavy atom. The van der Waals surface area contributed by atoms with Crippen molar-refractivity contribution >= 4 is 51.7 Å². The highest BCUT2D eigenvalue weighted by Gasteiger charge is 2.54. The Balaban J connectivity index is 1.80. The van der Waals surface area contributed by atoms with Crippen molar-refractivity contribution in [3.63, 3.8) is 0 Å². The largest absolute Gasteiger partial charge is 0.477 e. The third-order valence-corrected chi connectivity index (χ3v) is 5.97. The topological polar surface area (TPSA) is 171 Å². The van der Waals surface area contributed by atoms with Gasteiger partial charge in [0.25, 0.3) is 11.8 Å². The van der Waals surface area contributed by atoms with Crippen LogP contribution in [0, 0.1) is 11.3 Å². The number of carboxylic acid groups (broad SMARTS) is 1. The Kier molecular flexibility index (Phi) is 5.85. The summed E-state index contributed by atoms with van der Waals surface area (Å²) in [5, 5.41) is 25.3. The van der Waals surface area contributed by atoms with Gasteiger partial charge in [-0.25, -0.2) is 9.78 Å². The number of allylic oxidation sites excluding steroid dienone is 1. The molecule has 3 heterocycles. The second-order valence-corrected chi connectivity index (χ2v) is 7.68. The number of nitrogens with zero attached hydrogens (tertiary/aromatic N) is 4. The fourth-order valence-corrected chi connectivity index (χ4v) is 4.62. The van der Waals surface area contributed by atoms with Crippen LogP contribution in [-0.4, -0.2) is 62.3 Å². The molecule has 0 radical (unpaired) electrons. The highest BCUT2D eigenvalue weighted by Crippen LogP contribution is 2.40. The van der Waals surface area contributed by atoms with Gasteiger partial charge in [0.15, 0.2) is 10.8 Å². The molecule has 11 nitrogen and oxygen atoms in total. The molecule has 2 aliphatic rings. The summed E-state index contributed by atoms with van der Waals surface area (Å²) in [5.74, 6) is -2.24. The first-order valence-electron chi connectivity index (χ1n) is 8.01. The van der Waals surface area contributed by atoms with Crippen molar-refractivity contribution in [2.24, 2.45) is 5.16 Å². The molecule has 0 aliphatic carbocycles. The van der Waals surface area contributed by atoms with Crippen LogP contribution in [0.15, 0.2) is 34.5 Å². The number of carbonyl (C=O) groups is 3. The summed E-state index contributed by atoms with van der Waals surface area (Å²) in [5.41, 5.74) is 5.75. The maximum atomic E-state index is 12.7. The normalized spacial score (nSPS) is 21.0. The lowest BCUT2D eigenvalue weighted by molar-refractivity contribution is -0.150. The van der Waals surface area contributed by atoms with Crippen LogP contribution in [0.4, 0.5) is 5.13 Å². The van der Waals surface area contributed by atoms with E-state index in [4.69, 9.17) is 15.8 Å². The predicted molar refractivity (Wildman–Crippen MR) is 105 cm³/mol. The van der Waals surface area contributed by atoms with Gasteiger partial charge in [0.05, 0.1) is 0 Å². The van der Waals surface area contributed by atoms with Gasteiger partial charge in [-0.2, -0.15) is 5.26 Å². The molecule has 13 heteroatoms. The number of β-lactam (4-membered cyclic amide) rings is 1. The number of nitrogens with one attached hydrogen (secondary N) is 1. The number of aliphatic carboxylic acids is 1. The molecule has 0 aromatic carbocycles. The number of amides is 2. The number of nitrogen functional groups attached to an aromatic ring is 1. The van der Waals surface area contributed by atoms with Crippen molar-refractivity contribution in [3.8, 4) is 6.07 Å². The van der Waals surface area contributed by atoms with E-state index in [1.807, 2.05) is 0 Å². The van der Waals surface area contributed by atoms with E-state index >= 15 is 0 Å². The van der Waals surface area contributed by atoms with Crippen molar-refractivity contribution in [2.75, 3.05) is 18.1 Å². The van der Waals surface area contributed by atoms with Gasteiger partial charge < -0.3 is 21.0 Å². The van der Waals surface area contributed by atoms with Crippen molar-refractivity contribution in [1.82, 2.24) is 15.2 Å². The lowest BCUT2D eigenvalue weighted by atomic mass is 10.0.